The third kappa shape index (κ3) is 4.37. The van der Waals surface area contributed by atoms with Crippen molar-refractivity contribution in [1.29, 1.82) is 0 Å². The average molecular weight is 490 g/mol. The van der Waals surface area contributed by atoms with E-state index >= 15 is 0 Å². The number of pyridine rings is 1. The van der Waals surface area contributed by atoms with E-state index in [1.807, 2.05) is 15.5 Å². The van der Waals surface area contributed by atoms with Gasteiger partial charge in [-0.05, 0) is 61.1 Å². The van der Waals surface area contributed by atoms with Crippen LogP contribution in [0, 0.1) is 5.82 Å². The lowest BCUT2D eigenvalue weighted by atomic mass is 9.96. The summed E-state index contributed by atoms with van der Waals surface area (Å²) in [6, 6.07) is 8.34. The summed E-state index contributed by atoms with van der Waals surface area (Å²) in [6.07, 6.45) is 4.69. The second-order valence-corrected chi connectivity index (χ2v) is 9.71. The minimum absolute atomic E-state index is 0.0305. The standard InChI is InChI=1S/C26H28FN7O2/c27-20-14-17-8-12-32(16-24(35)33-9-1-2-10-33)15-18(17)13-19(20)26(36)29-22-6-3-5-21(28-22)25-31-30-23-7-4-11-34(23)25/h3,5-6,13-14H,1-2,4,7-12,15-16H2,(H,28,29,36). The minimum Gasteiger partial charge on any atom is -0.342 e. The Hall–Kier alpha value is -3.66. The van der Waals surface area contributed by atoms with Gasteiger partial charge in [-0.3, -0.25) is 14.5 Å². The Morgan fingerprint density at radius 1 is 0.972 bits per heavy atom. The summed E-state index contributed by atoms with van der Waals surface area (Å²) < 4.78 is 17.0. The van der Waals surface area contributed by atoms with Crippen LogP contribution in [0.3, 0.4) is 0 Å². The number of carbonyl (C=O) groups is 2. The van der Waals surface area contributed by atoms with Crippen LogP contribution in [0.15, 0.2) is 30.3 Å². The van der Waals surface area contributed by atoms with Crippen molar-refractivity contribution in [1.82, 2.24) is 29.5 Å². The molecule has 10 heteroatoms. The number of carbonyl (C=O) groups excluding carboxylic acids is 2. The molecule has 0 unspecified atom stereocenters. The molecule has 1 aromatic carbocycles. The van der Waals surface area contributed by atoms with Crippen LogP contribution < -0.4 is 5.32 Å². The largest absolute Gasteiger partial charge is 0.342 e. The van der Waals surface area contributed by atoms with Gasteiger partial charge in [0.15, 0.2) is 5.82 Å². The summed E-state index contributed by atoms with van der Waals surface area (Å²) in [6.45, 7) is 4.06. The molecular weight excluding hydrogens is 461 g/mol. The number of anilines is 1. The van der Waals surface area contributed by atoms with Gasteiger partial charge in [-0.15, -0.1) is 10.2 Å². The van der Waals surface area contributed by atoms with Gasteiger partial charge in [-0.25, -0.2) is 9.37 Å². The number of likely N-dealkylation sites (tertiary alicyclic amines) is 1. The highest BCUT2D eigenvalue weighted by molar-refractivity contribution is 6.04. The van der Waals surface area contributed by atoms with Gasteiger partial charge in [-0.2, -0.15) is 0 Å². The first-order valence-electron chi connectivity index (χ1n) is 12.6. The van der Waals surface area contributed by atoms with Crippen LogP contribution in [0.1, 0.15) is 46.6 Å². The number of hydrogen-bond donors (Lipinski definition) is 1. The van der Waals surface area contributed by atoms with Gasteiger partial charge >= 0.3 is 0 Å². The molecule has 1 fully saturated rings. The van der Waals surface area contributed by atoms with Crippen molar-refractivity contribution in [2.24, 2.45) is 0 Å². The van der Waals surface area contributed by atoms with Crippen molar-refractivity contribution in [2.45, 2.75) is 45.2 Å². The number of aromatic nitrogens is 4. The maximum Gasteiger partial charge on any atom is 0.259 e. The zero-order valence-corrected chi connectivity index (χ0v) is 20.0. The number of amides is 2. The molecular formula is C26H28FN7O2. The molecule has 186 valence electrons. The number of halogens is 1. The Labute approximate surface area is 208 Å². The van der Waals surface area contributed by atoms with Gasteiger partial charge in [0.25, 0.3) is 5.91 Å². The molecule has 0 aliphatic carbocycles. The molecule has 1 saturated heterocycles. The van der Waals surface area contributed by atoms with Crippen molar-refractivity contribution in [3.8, 4) is 11.5 Å². The van der Waals surface area contributed by atoms with Crippen molar-refractivity contribution >= 4 is 17.6 Å². The maximum atomic E-state index is 14.9. The SMILES string of the molecule is O=C(Nc1cccc(-c2nnc3n2CCC3)n1)c1cc2c(cc1F)CCN(CC(=O)N1CCCC1)C2. The Bertz CT molecular complexity index is 1330. The van der Waals surface area contributed by atoms with E-state index in [2.05, 4.69) is 25.4 Å². The second-order valence-electron chi connectivity index (χ2n) is 9.71. The van der Waals surface area contributed by atoms with Crippen LogP contribution in [0.25, 0.3) is 11.5 Å². The van der Waals surface area contributed by atoms with E-state index in [0.29, 0.717) is 43.4 Å². The first kappa shape index (κ1) is 22.8. The van der Waals surface area contributed by atoms with Gasteiger partial charge in [0.2, 0.25) is 5.91 Å². The number of fused-ring (bicyclic) bond motifs is 2. The third-order valence-electron chi connectivity index (χ3n) is 7.27. The quantitative estimate of drug-likeness (QED) is 0.592. The summed E-state index contributed by atoms with van der Waals surface area (Å²) in [5, 5.41) is 11.2. The number of benzene rings is 1. The van der Waals surface area contributed by atoms with E-state index in [0.717, 1.165) is 62.3 Å². The molecule has 36 heavy (non-hydrogen) atoms. The zero-order valence-electron chi connectivity index (χ0n) is 20.0. The second kappa shape index (κ2) is 9.42. The molecule has 2 amide bonds. The molecule has 3 aromatic rings. The highest BCUT2D eigenvalue weighted by Gasteiger charge is 2.26. The first-order valence-corrected chi connectivity index (χ1v) is 12.6. The summed E-state index contributed by atoms with van der Waals surface area (Å²) in [5.74, 6) is 0.953. The Kier molecular flexibility index (Phi) is 5.96. The van der Waals surface area contributed by atoms with Crippen LogP contribution >= 0.6 is 0 Å². The van der Waals surface area contributed by atoms with Crippen LogP contribution in [-0.2, 0) is 30.7 Å². The molecule has 0 spiro atoms. The lowest BCUT2D eigenvalue weighted by Crippen LogP contribution is -2.41. The van der Waals surface area contributed by atoms with Crippen molar-refractivity contribution in [3.05, 3.63) is 58.7 Å². The van der Waals surface area contributed by atoms with Crippen LogP contribution in [0.2, 0.25) is 0 Å². The van der Waals surface area contributed by atoms with Crippen molar-refractivity contribution < 1.29 is 14.0 Å². The molecule has 3 aliphatic rings. The topological polar surface area (TPSA) is 96.2 Å². The molecule has 5 heterocycles. The number of nitrogens with one attached hydrogen (secondary N) is 1. The Morgan fingerprint density at radius 2 is 1.83 bits per heavy atom. The molecule has 0 radical (unpaired) electrons. The van der Waals surface area contributed by atoms with Crippen LogP contribution in [0.4, 0.5) is 10.2 Å². The van der Waals surface area contributed by atoms with E-state index in [9.17, 15) is 14.0 Å². The molecule has 2 aromatic heterocycles. The maximum absolute atomic E-state index is 14.9. The Morgan fingerprint density at radius 3 is 2.69 bits per heavy atom. The predicted octanol–water partition coefficient (Wildman–Crippen LogP) is 2.66. The summed E-state index contributed by atoms with van der Waals surface area (Å²) in [4.78, 5) is 34.1. The van der Waals surface area contributed by atoms with Crippen molar-refractivity contribution in [3.63, 3.8) is 0 Å². The molecule has 0 saturated carbocycles. The van der Waals surface area contributed by atoms with Crippen LogP contribution in [0.5, 0.6) is 0 Å². The highest BCUT2D eigenvalue weighted by Crippen LogP contribution is 2.25. The predicted molar refractivity (Wildman–Crippen MR) is 131 cm³/mol. The van der Waals surface area contributed by atoms with Crippen molar-refractivity contribution in [2.75, 3.05) is 31.5 Å². The number of rotatable bonds is 5. The van der Waals surface area contributed by atoms with Gasteiger partial charge in [0.05, 0.1) is 12.1 Å². The number of aryl methyl sites for hydroxylation is 1. The molecule has 1 N–H and O–H groups in total. The fourth-order valence-electron chi connectivity index (χ4n) is 5.36. The normalized spacial score (nSPS) is 17.2. The monoisotopic (exact) mass is 489 g/mol. The summed E-state index contributed by atoms with van der Waals surface area (Å²) in [5.41, 5.74) is 2.34. The zero-order chi connectivity index (χ0) is 24.6. The highest BCUT2D eigenvalue weighted by atomic mass is 19.1. The Balaban J connectivity index is 1.17. The first-order chi connectivity index (χ1) is 17.5. The average Bonchev–Trinajstić information content (AvgIpc) is 3.63. The summed E-state index contributed by atoms with van der Waals surface area (Å²) >= 11 is 0. The van der Waals surface area contributed by atoms with E-state index < -0.39 is 11.7 Å². The molecule has 3 aliphatic heterocycles. The third-order valence-corrected chi connectivity index (χ3v) is 7.27. The van der Waals surface area contributed by atoms with E-state index in [1.165, 1.54) is 6.07 Å². The molecule has 6 rings (SSSR count). The van der Waals surface area contributed by atoms with E-state index in [4.69, 9.17) is 0 Å². The van der Waals surface area contributed by atoms with E-state index in [-0.39, 0.29) is 11.5 Å². The molecule has 9 nitrogen and oxygen atoms in total. The fraction of sp³-hybridized carbons (Fsp3) is 0.423. The molecule has 0 bridgehead atoms. The van der Waals surface area contributed by atoms with E-state index in [1.54, 1.807) is 18.2 Å². The lowest BCUT2D eigenvalue weighted by Gasteiger charge is -2.30. The van der Waals surface area contributed by atoms with Gasteiger partial charge in [0, 0.05) is 39.1 Å². The van der Waals surface area contributed by atoms with Gasteiger partial charge < -0.3 is 14.8 Å². The fourth-order valence-corrected chi connectivity index (χ4v) is 5.36. The van der Waals surface area contributed by atoms with Gasteiger partial charge in [0.1, 0.15) is 23.2 Å². The lowest BCUT2D eigenvalue weighted by molar-refractivity contribution is -0.131. The number of nitrogens with zero attached hydrogens (tertiary/aromatic N) is 6. The molecule has 0 atom stereocenters. The van der Waals surface area contributed by atoms with Crippen LogP contribution in [-0.4, -0.2) is 67.5 Å². The smallest absolute Gasteiger partial charge is 0.259 e. The summed E-state index contributed by atoms with van der Waals surface area (Å²) in [7, 11) is 0. The van der Waals surface area contributed by atoms with Gasteiger partial charge in [-0.1, -0.05) is 6.07 Å². The minimum atomic E-state index is -0.559. The number of hydrogen-bond acceptors (Lipinski definition) is 6.